The number of para-hydroxylation sites is 1. The predicted octanol–water partition coefficient (Wildman–Crippen LogP) is 4.36. The number of nitrogens with zero attached hydrogens (tertiary/aromatic N) is 3. The van der Waals surface area contributed by atoms with E-state index in [-0.39, 0.29) is 23.9 Å². The molecule has 8 nitrogen and oxygen atoms in total. The number of methoxy groups -OCH3 is 1. The minimum atomic E-state index is -0.976. The normalized spacial score (nSPS) is 10.7. The molecule has 9 heteroatoms. The van der Waals surface area contributed by atoms with Crippen LogP contribution in [0.1, 0.15) is 36.5 Å². The third-order valence-corrected chi connectivity index (χ3v) is 4.50. The molecule has 0 amide bonds. The van der Waals surface area contributed by atoms with E-state index in [0.717, 1.165) is 17.8 Å². The van der Waals surface area contributed by atoms with Crippen molar-refractivity contribution >= 4 is 17.1 Å². The van der Waals surface area contributed by atoms with Crippen LogP contribution in [-0.2, 0) is 6.42 Å². The number of nitro benzene ring substituents is 1. The van der Waals surface area contributed by atoms with E-state index in [9.17, 15) is 14.5 Å². The third kappa shape index (κ3) is 5.00. The van der Waals surface area contributed by atoms with Crippen LogP contribution in [0.5, 0.6) is 5.75 Å². The fourth-order valence-corrected chi connectivity index (χ4v) is 3.12. The van der Waals surface area contributed by atoms with Crippen molar-refractivity contribution in [3.8, 4) is 5.75 Å². The molecule has 0 spiro atoms. The maximum Gasteiger partial charge on any atom is 0.305 e. The van der Waals surface area contributed by atoms with Gasteiger partial charge in [0.1, 0.15) is 11.6 Å². The van der Waals surface area contributed by atoms with Gasteiger partial charge in [-0.1, -0.05) is 18.2 Å². The van der Waals surface area contributed by atoms with Crippen molar-refractivity contribution in [2.75, 3.05) is 12.4 Å². The first kappa shape index (κ1) is 21.8. The number of ether oxygens (including phenoxy) is 1. The number of rotatable bonds is 8. The first-order valence-corrected chi connectivity index (χ1v) is 9.57. The zero-order valence-corrected chi connectivity index (χ0v) is 17.3. The molecule has 3 aromatic rings. The van der Waals surface area contributed by atoms with E-state index in [4.69, 9.17) is 10.1 Å². The predicted molar refractivity (Wildman–Crippen MR) is 116 cm³/mol. The summed E-state index contributed by atoms with van der Waals surface area (Å²) in [6, 6.07) is 11.4. The first-order valence-electron chi connectivity index (χ1n) is 9.57. The van der Waals surface area contributed by atoms with Crippen LogP contribution >= 0.6 is 0 Å². The Morgan fingerprint density at radius 1 is 1.29 bits per heavy atom. The van der Waals surface area contributed by atoms with E-state index in [0.29, 0.717) is 22.6 Å². The third-order valence-electron chi connectivity index (χ3n) is 4.50. The number of halogens is 1. The molecule has 2 aromatic carbocycles. The highest BCUT2D eigenvalue weighted by Gasteiger charge is 2.20. The second-order valence-corrected chi connectivity index (χ2v) is 7.13. The molecular formula is C22H22FN5O3. The van der Waals surface area contributed by atoms with Gasteiger partial charge in [-0.3, -0.25) is 15.5 Å². The van der Waals surface area contributed by atoms with Crippen LogP contribution < -0.4 is 10.1 Å². The number of anilines is 1. The summed E-state index contributed by atoms with van der Waals surface area (Å²) in [5.74, 6) is -0.481. The van der Waals surface area contributed by atoms with Gasteiger partial charge in [-0.05, 0) is 26.0 Å². The van der Waals surface area contributed by atoms with E-state index < -0.39 is 16.4 Å². The standard InChI is InChI=1S/C22H22FN5O3/c1-13(2)26-17-7-5-4-6-15(17)22(24)18-8-9-25-21(27-18)11-14-10-19(28(29)30)16(23)12-20(14)31-3/h4-10,12-13,24,26H,11H2,1-3H3. The van der Waals surface area contributed by atoms with Gasteiger partial charge in [0.05, 0.1) is 23.4 Å². The fourth-order valence-electron chi connectivity index (χ4n) is 3.12. The summed E-state index contributed by atoms with van der Waals surface area (Å²) in [6.07, 6.45) is 1.60. The molecule has 0 fully saturated rings. The van der Waals surface area contributed by atoms with Gasteiger partial charge >= 0.3 is 5.69 Å². The number of nitro groups is 1. The van der Waals surface area contributed by atoms with Crippen LogP contribution in [0.2, 0.25) is 0 Å². The number of hydrogen-bond donors (Lipinski definition) is 2. The van der Waals surface area contributed by atoms with Crippen molar-refractivity contribution in [3.63, 3.8) is 0 Å². The van der Waals surface area contributed by atoms with Gasteiger partial charge < -0.3 is 10.1 Å². The molecular weight excluding hydrogens is 401 g/mol. The fraction of sp³-hybridized carbons (Fsp3) is 0.227. The molecule has 0 saturated heterocycles. The highest BCUT2D eigenvalue weighted by molar-refractivity contribution is 6.12. The Balaban J connectivity index is 1.94. The number of benzene rings is 2. The van der Waals surface area contributed by atoms with Crippen LogP contribution in [0.3, 0.4) is 0 Å². The van der Waals surface area contributed by atoms with Crippen molar-refractivity contribution in [2.24, 2.45) is 0 Å². The van der Waals surface area contributed by atoms with Crippen molar-refractivity contribution in [1.82, 2.24) is 9.97 Å². The van der Waals surface area contributed by atoms with Gasteiger partial charge in [0.25, 0.3) is 0 Å². The number of nitrogens with one attached hydrogen (secondary N) is 2. The van der Waals surface area contributed by atoms with Gasteiger partial charge in [-0.25, -0.2) is 9.97 Å². The van der Waals surface area contributed by atoms with Crippen molar-refractivity contribution in [1.29, 1.82) is 5.41 Å². The highest BCUT2D eigenvalue weighted by Crippen LogP contribution is 2.29. The highest BCUT2D eigenvalue weighted by atomic mass is 19.1. The van der Waals surface area contributed by atoms with Crippen molar-refractivity contribution in [3.05, 3.63) is 87.2 Å². The monoisotopic (exact) mass is 423 g/mol. The Labute approximate surface area is 178 Å². The van der Waals surface area contributed by atoms with Crippen LogP contribution in [0, 0.1) is 21.3 Å². The molecule has 0 bridgehead atoms. The number of hydrogen-bond acceptors (Lipinski definition) is 7. The van der Waals surface area contributed by atoms with Crippen LogP contribution in [0.15, 0.2) is 48.7 Å². The van der Waals surface area contributed by atoms with E-state index in [1.807, 2.05) is 38.1 Å². The second kappa shape index (κ2) is 9.29. The molecule has 0 radical (unpaired) electrons. The topological polar surface area (TPSA) is 114 Å². The lowest BCUT2D eigenvalue weighted by Crippen LogP contribution is -2.15. The van der Waals surface area contributed by atoms with Gasteiger partial charge in [-0.15, -0.1) is 0 Å². The summed E-state index contributed by atoms with van der Waals surface area (Å²) in [5.41, 5.74) is 1.85. The molecule has 3 rings (SSSR count). The maximum absolute atomic E-state index is 13.9. The molecule has 0 unspecified atom stereocenters. The minimum absolute atomic E-state index is 0.0807. The summed E-state index contributed by atoms with van der Waals surface area (Å²) in [6.45, 7) is 4.02. The van der Waals surface area contributed by atoms with Crippen molar-refractivity contribution < 1.29 is 14.1 Å². The molecule has 2 N–H and O–H groups in total. The van der Waals surface area contributed by atoms with Gasteiger partial charge in [-0.2, -0.15) is 4.39 Å². The lowest BCUT2D eigenvalue weighted by atomic mass is 10.0. The zero-order chi connectivity index (χ0) is 22.5. The summed E-state index contributed by atoms with van der Waals surface area (Å²) in [7, 11) is 1.36. The molecule has 0 atom stereocenters. The Bertz CT molecular complexity index is 1130. The SMILES string of the molecule is COc1cc(F)c([N+](=O)[O-])cc1Cc1nccc(C(=N)c2ccccc2NC(C)C)n1. The summed E-state index contributed by atoms with van der Waals surface area (Å²) < 4.78 is 19.1. The van der Waals surface area contributed by atoms with Crippen LogP contribution in [0.25, 0.3) is 0 Å². The van der Waals surface area contributed by atoms with Gasteiger partial charge in [0.2, 0.25) is 5.82 Å². The zero-order valence-electron chi connectivity index (χ0n) is 17.3. The van der Waals surface area contributed by atoms with Crippen LogP contribution in [-0.4, -0.2) is 33.8 Å². The Kier molecular flexibility index (Phi) is 6.54. The largest absolute Gasteiger partial charge is 0.496 e. The van der Waals surface area contributed by atoms with Gasteiger partial charge in [0, 0.05) is 47.6 Å². The Morgan fingerprint density at radius 2 is 2.03 bits per heavy atom. The average Bonchev–Trinajstić information content (AvgIpc) is 2.74. The van der Waals surface area contributed by atoms with Crippen molar-refractivity contribution in [2.45, 2.75) is 26.3 Å². The molecule has 1 heterocycles. The Morgan fingerprint density at radius 3 is 2.71 bits per heavy atom. The van der Waals surface area contributed by atoms with Gasteiger partial charge in [0.15, 0.2) is 0 Å². The molecule has 1 aromatic heterocycles. The average molecular weight is 423 g/mol. The summed E-state index contributed by atoms with van der Waals surface area (Å²) in [5, 5.41) is 23.0. The number of aromatic nitrogens is 2. The maximum atomic E-state index is 13.9. The summed E-state index contributed by atoms with van der Waals surface area (Å²) in [4.78, 5) is 19.0. The van der Waals surface area contributed by atoms with E-state index in [1.165, 1.54) is 13.3 Å². The van der Waals surface area contributed by atoms with E-state index >= 15 is 0 Å². The van der Waals surface area contributed by atoms with Crippen LogP contribution in [0.4, 0.5) is 15.8 Å². The first-order chi connectivity index (χ1) is 14.8. The minimum Gasteiger partial charge on any atom is -0.496 e. The molecule has 0 saturated carbocycles. The smallest absolute Gasteiger partial charge is 0.305 e. The lowest BCUT2D eigenvalue weighted by Gasteiger charge is -2.15. The second-order valence-electron chi connectivity index (χ2n) is 7.13. The van der Waals surface area contributed by atoms with E-state index in [2.05, 4.69) is 15.3 Å². The molecule has 0 aliphatic carbocycles. The molecule has 31 heavy (non-hydrogen) atoms. The molecule has 0 aliphatic heterocycles. The lowest BCUT2D eigenvalue weighted by molar-refractivity contribution is -0.387. The van der Waals surface area contributed by atoms with E-state index in [1.54, 1.807) is 6.07 Å². The molecule has 160 valence electrons. The quantitative estimate of drug-likeness (QED) is 0.316. The Hall–Kier alpha value is -3.88. The summed E-state index contributed by atoms with van der Waals surface area (Å²) >= 11 is 0. The molecule has 0 aliphatic rings.